The van der Waals surface area contributed by atoms with E-state index < -0.39 is 5.91 Å². The summed E-state index contributed by atoms with van der Waals surface area (Å²) in [6.45, 7) is 0. The van der Waals surface area contributed by atoms with Crippen molar-refractivity contribution in [2.24, 2.45) is 5.73 Å². The second-order valence-corrected chi connectivity index (χ2v) is 3.65. The second kappa shape index (κ2) is 4.91. The van der Waals surface area contributed by atoms with E-state index in [1.807, 2.05) is 0 Å². The molecule has 0 aliphatic heterocycles. The summed E-state index contributed by atoms with van der Waals surface area (Å²) < 4.78 is 13.9. The third kappa shape index (κ3) is 3.30. The van der Waals surface area contributed by atoms with Gasteiger partial charge in [-0.1, -0.05) is 34.1 Å². The SMILES string of the molecule is NC(=O)CC=Cc1ccc(Br)cc1F. The number of halogens is 2. The largest absolute Gasteiger partial charge is 0.369 e. The molecule has 1 aromatic carbocycles. The highest BCUT2D eigenvalue weighted by Gasteiger charge is 1.98. The van der Waals surface area contributed by atoms with Crippen LogP contribution >= 0.6 is 15.9 Å². The maximum Gasteiger partial charge on any atom is 0.221 e. The summed E-state index contributed by atoms with van der Waals surface area (Å²) in [5.74, 6) is -0.765. The quantitative estimate of drug-likeness (QED) is 0.889. The highest BCUT2D eigenvalue weighted by molar-refractivity contribution is 9.10. The molecule has 0 atom stereocenters. The maximum atomic E-state index is 13.2. The van der Waals surface area contributed by atoms with Crippen LogP contribution in [0.2, 0.25) is 0 Å². The minimum atomic E-state index is -0.432. The van der Waals surface area contributed by atoms with Crippen LogP contribution in [0, 0.1) is 5.82 Å². The minimum Gasteiger partial charge on any atom is -0.369 e. The predicted octanol–water partition coefficient (Wildman–Crippen LogP) is 2.48. The number of nitrogens with two attached hydrogens (primary N) is 1. The Bertz CT molecular complexity index is 376. The molecule has 0 spiro atoms. The number of carbonyl (C=O) groups excluding carboxylic acids is 1. The fourth-order valence-electron chi connectivity index (χ4n) is 0.939. The molecule has 0 saturated carbocycles. The summed E-state index contributed by atoms with van der Waals surface area (Å²) in [6, 6.07) is 4.72. The lowest BCUT2D eigenvalue weighted by molar-refractivity contribution is -0.117. The maximum absolute atomic E-state index is 13.2. The van der Waals surface area contributed by atoms with Crippen molar-refractivity contribution in [2.45, 2.75) is 6.42 Å². The summed E-state index contributed by atoms with van der Waals surface area (Å²) in [5, 5.41) is 0. The Labute approximate surface area is 89.7 Å². The van der Waals surface area contributed by atoms with Crippen LogP contribution in [0.5, 0.6) is 0 Å². The number of primary amides is 1. The summed E-state index contributed by atoms with van der Waals surface area (Å²) in [6.07, 6.45) is 3.19. The second-order valence-electron chi connectivity index (χ2n) is 2.74. The van der Waals surface area contributed by atoms with Crippen molar-refractivity contribution in [2.75, 3.05) is 0 Å². The van der Waals surface area contributed by atoms with Crippen molar-refractivity contribution < 1.29 is 9.18 Å². The zero-order valence-corrected chi connectivity index (χ0v) is 8.92. The van der Waals surface area contributed by atoms with Crippen LogP contribution in [0.1, 0.15) is 12.0 Å². The molecule has 0 heterocycles. The molecule has 0 bridgehead atoms. The van der Waals surface area contributed by atoms with E-state index in [1.165, 1.54) is 18.2 Å². The highest BCUT2D eigenvalue weighted by Crippen LogP contribution is 2.16. The van der Waals surface area contributed by atoms with E-state index in [-0.39, 0.29) is 12.2 Å². The topological polar surface area (TPSA) is 43.1 Å². The molecule has 0 radical (unpaired) electrons. The smallest absolute Gasteiger partial charge is 0.221 e. The summed E-state index contributed by atoms with van der Waals surface area (Å²) in [7, 11) is 0. The van der Waals surface area contributed by atoms with Crippen LogP contribution in [0.4, 0.5) is 4.39 Å². The number of rotatable bonds is 3. The molecular weight excluding hydrogens is 249 g/mol. The van der Waals surface area contributed by atoms with E-state index in [2.05, 4.69) is 15.9 Å². The average Bonchev–Trinajstić information content (AvgIpc) is 2.08. The Morgan fingerprint density at radius 2 is 2.29 bits per heavy atom. The fraction of sp³-hybridized carbons (Fsp3) is 0.100. The van der Waals surface area contributed by atoms with Gasteiger partial charge in [0, 0.05) is 16.5 Å². The van der Waals surface area contributed by atoms with Crippen LogP contribution in [0.3, 0.4) is 0 Å². The van der Waals surface area contributed by atoms with Gasteiger partial charge < -0.3 is 5.73 Å². The zero-order chi connectivity index (χ0) is 10.6. The molecule has 2 nitrogen and oxygen atoms in total. The first-order valence-electron chi connectivity index (χ1n) is 3.99. The Morgan fingerprint density at radius 1 is 1.57 bits per heavy atom. The molecule has 0 aliphatic rings. The number of hydrogen-bond donors (Lipinski definition) is 1. The molecule has 1 amide bonds. The summed E-state index contributed by atoms with van der Waals surface area (Å²) in [5.41, 5.74) is 5.37. The third-order valence-corrected chi connectivity index (χ3v) is 2.07. The van der Waals surface area contributed by atoms with Gasteiger partial charge in [0.15, 0.2) is 0 Å². The van der Waals surface area contributed by atoms with E-state index >= 15 is 0 Å². The van der Waals surface area contributed by atoms with Gasteiger partial charge in [0.1, 0.15) is 5.82 Å². The van der Waals surface area contributed by atoms with Gasteiger partial charge in [0.05, 0.1) is 0 Å². The standard InChI is InChI=1S/C10H9BrFNO/c11-8-5-4-7(9(12)6-8)2-1-3-10(13)14/h1-2,4-6H,3H2,(H2,13,14). The lowest BCUT2D eigenvalue weighted by Crippen LogP contribution is -2.07. The third-order valence-electron chi connectivity index (χ3n) is 1.58. The average molecular weight is 258 g/mol. The van der Waals surface area contributed by atoms with E-state index in [1.54, 1.807) is 12.1 Å². The molecule has 1 rings (SSSR count). The van der Waals surface area contributed by atoms with Gasteiger partial charge in [-0.2, -0.15) is 0 Å². The first-order valence-corrected chi connectivity index (χ1v) is 4.79. The van der Waals surface area contributed by atoms with Crippen LogP contribution in [-0.2, 0) is 4.79 Å². The Kier molecular flexibility index (Phi) is 3.83. The molecule has 1 aromatic rings. The van der Waals surface area contributed by atoms with E-state index in [4.69, 9.17) is 5.73 Å². The Morgan fingerprint density at radius 3 is 2.86 bits per heavy atom. The van der Waals surface area contributed by atoms with Gasteiger partial charge in [0.25, 0.3) is 0 Å². The monoisotopic (exact) mass is 257 g/mol. The van der Waals surface area contributed by atoms with Crippen molar-refractivity contribution in [1.82, 2.24) is 0 Å². The fourth-order valence-corrected chi connectivity index (χ4v) is 1.27. The molecule has 74 valence electrons. The van der Waals surface area contributed by atoms with Crippen molar-refractivity contribution >= 4 is 27.9 Å². The van der Waals surface area contributed by atoms with Crippen LogP contribution < -0.4 is 5.73 Å². The number of amides is 1. The zero-order valence-electron chi connectivity index (χ0n) is 7.34. The van der Waals surface area contributed by atoms with E-state index in [9.17, 15) is 9.18 Å². The van der Waals surface area contributed by atoms with Gasteiger partial charge in [-0.05, 0) is 12.1 Å². The lowest BCUT2D eigenvalue weighted by atomic mass is 10.2. The van der Waals surface area contributed by atoms with Crippen molar-refractivity contribution in [1.29, 1.82) is 0 Å². The number of carbonyl (C=O) groups is 1. The molecule has 0 saturated heterocycles. The number of benzene rings is 1. The van der Waals surface area contributed by atoms with Gasteiger partial charge >= 0.3 is 0 Å². The normalized spacial score (nSPS) is 10.7. The number of hydrogen-bond acceptors (Lipinski definition) is 1. The predicted molar refractivity (Wildman–Crippen MR) is 56.9 cm³/mol. The molecule has 0 unspecified atom stereocenters. The van der Waals surface area contributed by atoms with Crippen molar-refractivity contribution in [3.8, 4) is 0 Å². The van der Waals surface area contributed by atoms with Gasteiger partial charge in [-0.3, -0.25) is 4.79 Å². The van der Waals surface area contributed by atoms with Crippen molar-refractivity contribution in [3.63, 3.8) is 0 Å². The molecular formula is C10H9BrFNO. The first-order chi connectivity index (χ1) is 6.59. The minimum absolute atomic E-state index is 0.121. The van der Waals surface area contributed by atoms with E-state index in [0.717, 1.165) is 0 Å². The molecule has 4 heteroatoms. The van der Waals surface area contributed by atoms with Crippen LogP contribution in [0.25, 0.3) is 6.08 Å². The van der Waals surface area contributed by atoms with Gasteiger partial charge in [-0.25, -0.2) is 4.39 Å². The molecule has 0 fully saturated rings. The van der Waals surface area contributed by atoms with Gasteiger partial charge in [-0.15, -0.1) is 0 Å². The molecule has 0 aliphatic carbocycles. The van der Waals surface area contributed by atoms with Crippen molar-refractivity contribution in [3.05, 3.63) is 40.1 Å². The lowest BCUT2D eigenvalue weighted by Gasteiger charge is -1.96. The summed E-state index contributed by atoms with van der Waals surface area (Å²) >= 11 is 3.15. The Balaban J connectivity index is 2.76. The highest BCUT2D eigenvalue weighted by atomic mass is 79.9. The van der Waals surface area contributed by atoms with Crippen LogP contribution in [0.15, 0.2) is 28.7 Å². The summed E-state index contributed by atoms with van der Waals surface area (Å²) in [4.78, 5) is 10.4. The first kappa shape index (κ1) is 10.9. The molecule has 14 heavy (non-hydrogen) atoms. The Hall–Kier alpha value is -1.16. The van der Waals surface area contributed by atoms with Crippen LogP contribution in [-0.4, -0.2) is 5.91 Å². The molecule has 2 N–H and O–H groups in total. The van der Waals surface area contributed by atoms with E-state index in [0.29, 0.717) is 10.0 Å². The molecule has 0 aromatic heterocycles. The van der Waals surface area contributed by atoms with Gasteiger partial charge in [0.2, 0.25) is 5.91 Å².